The van der Waals surface area contributed by atoms with Gasteiger partial charge in [-0.3, -0.25) is 4.79 Å². The molecule has 1 aromatic carbocycles. The average Bonchev–Trinajstić information content (AvgIpc) is 3.28. The van der Waals surface area contributed by atoms with Crippen LogP contribution in [0.2, 0.25) is 0 Å². The lowest BCUT2D eigenvalue weighted by molar-refractivity contribution is 0.0937. The van der Waals surface area contributed by atoms with Gasteiger partial charge in [-0.1, -0.05) is 12.8 Å². The van der Waals surface area contributed by atoms with Crippen LogP contribution < -0.4 is 16.0 Å². The van der Waals surface area contributed by atoms with Crippen molar-refractivity contribution in [3.8, 4) is 0 Å². The number of nitrogens with one attached hydrogen (secondary N) is 3. The van der Waals surface area contributed by atoms with E-state index < -0.39 is 0 Å². The summed E-state index contributed by atoms with van der Waals surface area (Å²) in [7, 11) is 0. The van der Waals surface area contributed by atoms with Gasteiger partial charge in [-0.25, -0.2) is 4.79 Å². The lowest BCUT2D eigenvalue weighted by Gasteiger charge is -2.15. The van der Waals surface area contributed by atoms with Crippen molar-refractivity contribution in [3.63, 3.8) is 0 Å². The van der Waals surface area contributed by atoms with Gasteiger partial charge in [0.15, 0.2) is 0 Å². The number of hydrogen-bond donors (Lipinski definition) is 3. The highest BCUT2D eigenvalue weighted by Gasteiger charge is 2.19. The summed E-state index contributed by atoms with van der Waals surface area (Å²) in [5, 5.41) is 8.75. The molecule has 1 saturated heterocycles. The van der Waals surface area contributed by atoms with Crippen LogP contribution in [0.3, 0.4) is 0 Å². The molecule has 6 heteroatoms. The number of benzene rings is 1. The molecule has 2 fully saturated rings. The van der Waals surface area contributed by atoms with Gasteiger partial charge in [-0.15, -0.1) is 0 Å². The third-order valence-electron chi connectivity index (χ3n) is 4.94. The van der Waals surface area contributed by atoms with Crippen LogP contribution in [0.4, 0.5) is 10.5 Å². The predicted molar refractivity (Wildman–Crippen MR) is 96.9 cm³/mol. The summed E-state index contributed by atoms with van der Waals surface area (Å²) in [6, 6.07) is 5.41. The fraction of sp³-hybridized carbons (Fsp3) is 0.579. The molecule has 1 heterocycles. The lowest BCUT2D eigenvalue weighted by Crippen LogP contribution is -2.35. The Morgan fingerprint density at radius 2 is 1.96 bits per heavy atom. The topological polar surface area (TPSA) is 79.5 Å². The van der Waals surface area contributed by atoms with E-state index in [9.17, 15) is 9.59 Å². The van der Waals surface area contributed by atoms with Crippen molar-refractivity contribution in [1.82, 2.24) is 10.6 Å². The van der Waals surface area contributed by atoms with E-state index >= 15 is 0 Å². The molecule has 1 saturated carbocycles. The smallest absolute Gasteiger partial charge is 0.319 e. The minimum absolute atomic E-state index is 0.0376. The van der Waals surface area contributed by atoms with Gasteiger partial charge in [0.05, 0.1) is 6.10 Å². The number of carbonyl (C=O) groups is 2. The molecular formula is C19H27N3O3. The quantitative estimate of drug-likeness (QED) is 0.767. The highest BCUT2D eigenvalue weighted by Crippen LogP contribution is 2.20. The van der Waals surface area contributed by atoms with E-state index in [1.807, 2.05) is 13.0 Å². The van der Waals surface area contributed by atoms with E-state index in [0.29, 0.717) is 23.8 Å². The molecule has 25 heavy (non-hydrogen) atoms. The summed E-state index contributed by atoms with van der Waals surface area (Å²) < 4.78 is 5.49. The summed E-state index contributed by atoms with van der Waals surface area (Å²) in [5.41, 5.74) is 2.21. The summed E-state index contributed by atoms with van der Waals surface area (Å²) >= 11 is 0. The second kappa shape index (κ2) is 8.34. The van der Waals surface area contributed by atoms with E-state index in [4.69, 9.17) is 4.74 Å². The first-order valence-corrected chi connectivity index (χ1v) is 9.20. The van der Waals surface area contributed by atoms with Crippen LogP contribution in [0.1, 0.15) is 54.4 Å². The maximum absolute atomic E-state index is 12.3. The Balaban J connectivity index is 1.51. The normalized spacial score (nSPS) is 20.4. The standard InChI is InChI=1S/C19H27N3O3/c1-13-11-14(18(23)21-15-5-2-3-6-15)8-9-17(13)22-19(24)20-12-16-7-4-10-25-16/h8-9,11,15-16H,2-7,10,12H2,1H3,(H,21,23)(H2,20,22,24). The molecule has 136 valence electrons. The van der Waals surface area contributed by atoms with Gasteiger partial charge in [0.25, 0.3) is 5.91 Å². The number of ether oxygens (including phenoxy) is 1. The first-order valence-electron chi connectivity index (χ1n) is 9.20. The maximum atomic E-state index is 12.3. The minimum Gasteiger partial charge on any atom is -0.376 e. The van der Waals surface area contributed by atoms with Gasteiger partial charge in [0.2, 0.25) is 0 Å². The summed E-state index contributed by atoms with van der Waals surface area (Å²) in [6.45, 7) is 3.19. The molecular weight excluding hydrogens is 318 g/mol. The zero-order valence-electron chi connectivity index (χ0n) is 14.8. The Bertz CT molecular complexity index is 620. The van der Waals surface area contributed by atoms with E-state index in [1.165, 1.54) is 12.8 Å². The molecule has 3 amide bonds. The van der Waals surface area contributed by atoms with E-state index in [1.54, 1.807) is 12.1 Å². The summed E-state index contributed by atoms with van der Waals surface area (Å²) in [4.78, 5) is 24.3. The molecule has 3 rings (SSSR count). The first kappa shape index (κ1) is 17.7. The largest absolute Gasteiger partial charge is 0.376 e. The molecule has 1 aliphatic heterocycles. The fourth-order valence-electron chi connectivity index (χ4n) is 3.46. The van der Waals surface area contributed by atoms with Crippen LogP contribution in [0.5, 0.6) is 0 Å². The summed E-state index contributed by atoms with van der Waals surface area (Å²) in [6.07, 6.45) is 6.67. The number of hydrogen-bond acceptors (Lipinski definition) is 3. The highest BCUT2D eigenvalue weighted by molar-refractivity contribution is 5.96. The Kier molecular flexibility index (Phi) is 5.91. The maximum Gasteiger partial charge on any atom is 0.319 e. The average molecular weight is 345 g/mol. The molecule has 0 radical (unpaired) electrons. The number of aryl methyl sites for hydroxylation is 1. The van der Waals surface area contributed by atoms with Crippen molar-refractivity contribution in [3.05, 3.63) is 29.3 Å². The van der Waals surface area contributed by atoms with Crippen molar-refractivity contribution in [1.29, 1.82) is 0 Å². The molecule has 0 spiro atoms. The SMILES string of the molecule is Cc1cc(C(=O)NC2CCCC2)ccc1NC(=O)NCC1CCCO1. The number of rotatable bonds is 5. The molecule has 0 bridgehead atoms. The minimum atomic E-state index is -0.248. The van der Waals surface area contributed by atoms with Gasteiger partial charge in [0.1, 0.15) is 0 Å². The van der Waals surface area contributed by atoms with Gasteiger partial charge in [-0.05, 0) is 56.4 Å². The van der Waals surface area contributed by atoms with Crippen molar-refractivity contribution in [2.45, 2.75) is 57.6 Å². The molecule has 1 atom stereocenters. The molecule has 2 aliphatic rings. The Morgan fingerprint density at radius 3 is 2.64 bits per heavy atom. The molecule has 6 nitrogen and oxygen atoms in total. The lowest BCUT2D eigenvalue weighted by atomic mass is 10.1. The zero-order chi connectivity index (χ0) is 17.6. The highest BCUT2D eigenvalue weighted by atomic mass is 16.5. The first-order chi connectivity index (χ1) is 12.1. The second-order valence-corrected chi connectivity index (χ2v) is 6.95. The van der Waals surface area contributed by atoms with Gasteiger partial charge in [-0.2, -0.15) is 0 Å². The Labute approximate surface area is 148 Å². The zero-order valence-corrected chi connectivity index (χ0v) is 14.8. The van der Waals surface area contributed by atoms with E-state index in [-0.39, 0.29) is 18.0 Å². The second-order valence-electron chi connectivity index (χ2n) is 6.95. The Hall–Kier alpha value is -2.08. The third kappa shape index (κ3) is 4.95. The Morgan fingerprint density at radius 1 is 1.16 bits per heavy atom. The van der Waals surface area contributed by atoms with Crippen molar-refractivity contribution >= 4 is 17.6 Å². The number of carbonyl (C=O) groups excluding carboxylic acids is 2. The van der Waals surface area contributed by atoms with E-state index in [2.05, 4.69) is 16.0 Å². The molecule has 3 N–H and O–H groups in total. The van der Waals surface area contributed by atoms with Crippen molar-refractivity contribution in [2.75, 3.05) is 18.5 Å². The van der Waals surface area contributed by atoms with Crippen LogP contribution in [0, 0.1) is 6.92 Å². The van der Waals surface area contributed by atoms with Crippen LogP contribution in [0.25, 0.3) is 0 Å². The number of amides is 3. The van der Waals surface area contributed by atoms with Gasteiger partial charge < -0.3 is 20.7 Å². The fourth-order valence-corrected chi connectivity index (χ4v) is 3.46. The van der Waals surface area contributed by atoms with Crippen LogP contribution in [-0.4, -0.2) is 37.2 Å². The third-order valence-corrected chi connectivity index (χ3v) is 4.94. The monoisotopic (exact) mass is 345 g/mol. The number of anilines is 1. The number of urea groups is 1. The molecule has 1 unspecified atom stereocenters. The van der Waals surface area contributed by atoms with Crippen molar-refractivity contribution in [2.24, 2.45) is 0 Å². The van der Waals surface area contributed by atoms with E-state index in [0.717, 1.165) is 37.9 Å². The van der Waals surface area contributed by atoms with Crippen LogP contribution in [-0.2, 0) is 4.74 Å². The van der Waals surface area contributed by atoms with Crippen LogP contribution >= 0.6 is 0 Å². The van der Waals surface area contributed by atoms with Crippen LogP contribution in [0.15, 0.2) is 18.2 Å². The molecule has 1 aromatic rings. The molecule has 0 aromatic heterocycles. The summed E-state index contributed by atoms with van der Waals surface area (Å²) in [5.74, 6) is -0.0376. The predicted octanol–water partition coefficient (Wildman–Crippen LogP) is 2.97. The molecule has 1 aliphatic carbocycles. The van der Waals surface area contributed by atoms with Gasteiger partial charge in [0, 0.05) is 30.4 Å². The van der Waals surface area contributed by atoms with Gasteiger partial charge >= 0.3 is 6.03 Å². The van der Waals surface area contributed by atoms with Crippen molar-refractivity contribution < 1.29 is 14.3 Å².